The van der Waals surface area contributed by atoms with Crippen molar-refractivity contribution in [3.05, 3.63) is 65.7 Å². The molecule has 162 valence electrons. The van der Waals surface area contributed by atoms with Crippen molar-refractivity contribution in [3.63, 3.8) is 0 Å². The molecule has 0 aliphatic rings. The number of primary amides is 1. The average Bonchev–Trinajstić information content (AvgIpc) is 2.78. The van der Waals surface area contributed by atoms with Gasteiger partial charge in [0.2, 0.25) is 0 Å². The molecule has 0 fully saturated rings. The normalized spacial score (nSPS) is 12.5. The van der Waals surface area contributed by atoms with Gasteiger partial charge in [0, 0.05) is 20.1 Å². The van der Waals surface area contributed by atoms with Crippen molar-refractivity contribution in [2.24, 2.45) is 10.7 Å². The zero-order chi connectivity index (χ0) is 21.8. The number of guanidine groups is 1. The molecule has 0 aliphatic heterocycles. The number of nitrogens with zero attached hydrogens (tertiary/aromatic N) is 2. The highest BCUT2D eigenvalue weighted by Crippen LogP contribution is 2.19. The third kappa shape index (κ3) is 7.40. The fraction of sp³-hybridized carbons (Fsp3) is 0.391. The predicted octanol–water partition coefficient (Wildman–Crippen LogP) is 2.30. The lowest BCUT2D eigenvalue weighted by atomic mass is 10.1. The summed E-state index contributed by atoms with van der Waals surface area (Å²) in [4.78, 5) is 17.7. The highest BCUT2D eigenvalue weighted by Gasteiger charge is 2.18. The second kappa shape index (κ2) is 12.5. The molecule has 0 heterocycles. The number of hydrogen-bond donors (Lipinski definition) is 3. The summed E-state index contributed by atoms with van der Waals surface area (Å²) in [6.07, 6.45) is 0. The molecule has 0 saturated heterocycles. The largest absolute Gasteiger partial charge is 0.484 e. The molecule has 7 nitrogen and oxygen atoms in total. The summed E-state index contributed by atoms with van der Waals surface area (Å²) in [6.45, 7) is 7.50. The van der Waals surface area contributed by atoms with Crippen LogP contribution in [0.4, 0.5) is 0 Å². The van der Waals surface area contributed by atoms with Crippen LogP contribution in [0.25, 0.3) is 0 Å². The van der Waals surface area contributed by atoms with E-state index >= 15 is 0 Å². The summed E-state index contributed by atoms with van der Waals surface area (Å²) in [6, 6.07) is 18.3. The monoisotopic (exact) mass is 411 g/mol. The number of nitrogens with one attached hydrogen (secondary N) is 2. The average molecular weight is 412 g/mol. The van der Waals surface area contributed by atoms with Crippen LogP contribution in [0.15, 0.2) is 59.6 Å². The fourth-order valence-electron chi connectivity index (χ4n) is 3.30. The molecule has 0 saturated carbocycles. The number of hydrogen-bond acceptors (Lipinski definition) is 4. The Morgan fingerprint density at radius 3 is 2.47 bits per heavy atom. The van der Waals surface area contributed by atoms with Crippen LogP contribution in [0.3, 0.4) is 0 Å². The van der Waals surface area contributed by atoms with Crippen LogP contribution in [0, 0.1) is 0 Å². The third-order valence-corrected chi connectivity index (χ3v) is 4.86. The van der Waals surface area contributed by atoms with E-state index in [1.807, 2.05) is 24.3 Å². The van der Waals surface area contributed by atoms with Gasteiger partial charge in [0.15, 0.2) is 12.6 Å². The first-order valence-corrected chi connectivity index (χ1v) is 10.3. The second-order valence-electron chi connectivity index (χ2n) is 6.86. The Bertz CT molecular complexity index is 806. The molecule has 1 unspecified atom stereocenters. The SMILES string of the molecule is CCN(CC)C(CNC(=NC)NCc1cccc(OCC(N)=O)c1)c1ccccc1. The van der Waals surface area contributed by atoms with E-state index in [-0.39, 0.29) is 12.6 Å². The molecule has 0 radical (unpaired) electrons. The Kier molecular flexibility index (Phi) is 9.67. The van der Waals surface area contributed by atoms with Crippen LogP contribution in [-0.2, 0) is 11.3 Å². The van der Waals surface area contributed by atoms with E-state index in [0.717, 1.165) is 31.2 Å². The molecule has 0 spiro atoms. The molecule has 1 amide bonds. The predicted molar refractivity (Wildman–Crippen MR) is 121 cm³/mol. The van der Waals surface area contributed by atoms with Crippen molar-refractivity contribution < 1.29 is 9.53 Å². The number of ether oxygens (including phenoxy) is 1. The Morgan fingerprint density at radius 1 is 1.10 bits per heavy atom. The van der Waals surface area contributed by atoms with Crippen molar-refractivity contribution in [3.8, 4) is 5.75 Å². The highest BCUT2D eigenvalue weighted by molar-refractivity contribution is 5.79. The maximum absolute atomic E-state index is 10.9. The standard InChI is InChI=1S/C23H33N5O2/c1-4-28(5-2)21(19-11-7-6-8-12-19)16-27-23(25-3)26-15-18-10-9-13-20(14-18)30-17-22(24)29/h6-14,21H,4-5,15-17H2,1-3H3,(H2,24,29)(H2,25,26,27). The molecule has 0 bridgehead atoms. The molecule has 7 heteroatoms. The van der Waals surface area contributed by atoms with Crippen molar-refractivity contribution in [2.75, 3.05) is 33.3 Å². The van der Waals surface area contributed by atoms with E-state index in [1.54, 1.807) is 13.1 Å². The van der Waals surface area contributed by atoms with Gasteiger partial charge in [-0.2, -0.15) is 0 Å². The number of carbonyl (C=O) groups excluding carboxylic acids is 1. The van der Waals surface area contributed by atoms with E-state index in [0.29, 0.717) is 12.3 Å². The lowest BCUT2D eigenvalue weighted by Gasteiger charge is -2.30. The van der Waals surface area contributed by atoms with Gasteiger partial charge in [-0.05, 0) is 36.3 Å². The van der Waals surface area contributed by atoms with Gasteiger partial charge in [0.1, 0.15) is 5.75 Å². The van der Waals surface area contributed by atoms with Crippen molar-refractivity contribution in [1.29, 1.82) is 0 Å². The van der Waals surface area contributed by atoms with Crippen LogP contribution in [-0.4, -0.2) is 50.1 Å². The summed E-state index contributed by atoms with van der Waals surface area (Å²) < 4.78 is 5.37. The summed E-state index contributed by atoms with van der Waals surface area (Å²) in [5, 5.41) is 6.78. The molecule has 0 aliphatic carbocycles. The van der Waals surface area contributed by atoms with Gasteiger partial charge in [-0.3, -0.25) is 14.7 Å². The smallest absolute Gasteiger partial charge is 0.255 e. The minimum Gasteiger partial charge on any atom is -0.484 e. The Balaban J connectivity index is 1.96. The maximum Gasteiger partial charge on any atom is 0.255 e. The third-order valence-electron chi connectivity index (χ3n) is 4.86. The lowest BCUT2D eigenvalue weighted by molar-refractivity contribution is -0.119. The number of nitrogens with two attached hydrogens (primary N) is 1. The maximum atomic E-state index is 10.9. The first kappa shape index (κ1) is 23.2. The molecular formula is C23H33N5O2. The number of carbonyl (C=O) groups is 1. The summed E-state index contributed by atoms with van der Waals surface area (Å²) >= 11 is 0. The fourth-order valence-corrected chi connectivity index (χ4v) is 3.30. The first-order chi connectivity index (χ1) is 14.6. The van der Waals surface area contributed by atoms with E-state index in [1.165, 1.54) is 5.56 Å². The van der Waals surface area contributed by atoms with Gasteiger partial charge < -0.3 is 21.1 Å². The van der Waals surface area contributed by atoms with Crippen LogP contribution < -0.4 is 21.1 Å². The first-order valence-electron chi connectivity index (χ1n) is 10.3. The van der Waals surface area contributed by atoms with E-state index in [2.05, 4.69) is 58.6 Å². The summed E-state index contributed by atoms with van der Waals surface area (Å²) in [7, 11) is 1.76. The van der Waals surface area contributed by atoms with Crippen molar-refractivity contribution in [1.82, 2.24) is 15.5 Å². The van der Waals surface area contributed by atoms with Crippen LogP contribution >= 0.6 is 0 Å². The number of aliphatic imine (C=N–C) groups is 1. The second-order valence-corrected chi connectivity index (χ2v) is 6.86. The van der Waals surface area contributed by atoms with E-state index < -0.39 is 5.91 Å². The molecule has 2 rings (SSSR count). The number of rotatable bonds is 11. The Hall–Kier alpha value is -3.06. The van der Waals surface area contributed by atoms with Gasteiger partial charge in [0.05, 0.1) is 6.04 Å². The van der Waals surface area contributed by atoms with Gasteiger partial charge in [0.25, 0.3) is 5.91 Å². The zero-order valence-corrected chi connectivity index (χ0v) is 18.1. The number of likely N-dealkylation sites (N-methyl/N-ethyl adjacent to an activating group) is 1. The summed E-state index contributed by atoms with van der Waals surface area (Å²) in [5.74, 6) is 0.845. The summed E-state index contributed by atoms with van der Waals surface area (Å²) in [5.41, 5.74) is 7.43. The van der Waals surface area contributed by atoms with Gasteiger partial charge in [-0.1, -0.05) is 56.3 Å². The zero-order valence-electron chi connectivity index (χ0n) is 18.1. The topological polar surface area (TPSA) is 92.0 Å². The highest BCUT2D eigenvalue weighted by atomic mass is 16.5. The van der Waals surface area contributed by atoms with Gasteiger partial charge >= 0.3 is 0 Å². The Labute approximate surface area is 179 Å². The van der Waals surface area contributed by atoms with Gasteiger partial charge in [-0.25, -0.2) is 0 Å². The van der Waals surface area contributed by atoms with E-state index in [4.69, 9.17) is 10.5 Å². The van der Waals surface area contributed by atoms with E-state index in [9.17, 15) is 4.79 Å². The molecule has 4 N–H and O–H groups in total. The van der Waals surface area contributed by atoms with Gasteiger partial charge in [-0.15, -0.1) is 0 Å². The van der Waals surface area contributed by atoms with Crippen LogP contribution in [0.5, 0.6) is 5.75 Å². The quantitative estimate of drug-likeness (QED) is 0.390. The van der Waals surface area contributed by atoms with Crippen LogP contribution in [0.1, 0.15) is 31.0 Å². The minimum absolute atomic E-state index is 0.133. The lowest BCUT2D eigenvalue weighted by Crippen LogP contribution is -2.43. The molecule has 2 aromatic rings. The molecule has 30 heavy (non-hydrogen) atoms. The molecule has 1 atom stereocenters. The van der Waals surface area contributed by atoms with Crippen molar-refractivity contribution in [2.45, 2.75) is 26.4 Å². The number of benzene rings is 2. The number of amides is 1. The van der Waals surface area contributed by atoms with Crippen molar-refractivity contribution >= 4 is 11.9 Å². The van der Waals surface area contributed by atoms with Crippen LogP contribution in [0.2, 0.25) is 0 Å². The molecule has 2 aromatic carbocycles. The Morgan fingerprint density at radius 2 is 1.83 bits per heavy atom. The minimum atomic E-state index is -0.496. The molecule has 0 aromatic heterocycles. The molecular weight excluding hydrogens is 378 g/mol.